The van der Waals surface area contributed by atoms with E-state index in [0.717, 1.165) is 16.7 Å². The fourth-order valence-electron chi connectivity index (χ4n) is 4.24. The molecule has 164 valence electrons. The summed E-state index contributed by atoms with van der Waals surface area (Å²) < 4.78 is 29.4. The van der Waals surface area contributed by atoms with Crippen LogP contribution in [0.15, 0.2) is 95.4 Å². The van der Waals surface area contributed by atoms with Crippen molar-refractivity contribution >= 4 is 16.0 Å². The third-order valence-corrected chi connectivity index (χ3v) is 7.69. The molecule has 0 saturated heterocycles. The van der Waals surface area contributed by atoms with Gasteiger partial charge >= 0.3 is 5.97 Å². The number of sulfonamides is 1. The number of hydrogen-bond donors (Lipinski definition) is 1. The van der Waals surface area contributed by atoms with Gasteiger partial charge in [0.05, 0.1) is 22.6 Å². The number of benzene rings is 3. The van der Waals surface area contributed by atoms with Gasteiger partial charge in [0.1, 0.15) is 0 Å². The molecule has 1 aliphatic rings. The van der Waals surface area contributed by atoms with Gasteiger partial charge in [-0.1, -0.05) is 83.9 Å². The molecule has 0 aromatic heterocycles. The lowest BCUT2D eigenvalue weighted by atomic mass is 9.89. The summed E-state index contributed by atoms with van der Waals surface area (Å²) in [6.07, 6.45) is 1.94. The minimum Gasteiger partial charge on any atom is -0.478 e. The van der Waals surface area contributed by atoms with Gasteiger partial charge in [0.15, 0.2) is 0 Å². The Bertz CT molecular complexity index is 1260. The standard InChI is InChI=1S/C26H25NO4S/c1-18-11-13-22(14-12-18)32(30,31)27-24(21-10-6-7-19(2)17-21)16-15-23(26(28)29)25(27)20-8-4-3-5-9-20/h3-15,17,24-25H,16H2,1-2H3,(H,28,29)/t24-,25-/m0/s1. The first-order chi connectivity index (χ1) is 15.3. The number of carbonyl (C=O) groups is 1. The summed E-state index contributed by atoms with van der Waals surface area (Å²) in [6.45, 7) is 3.85. The highest BCUT2D eigenvalue weighted by atomic mass is 32.2. The molecule has 0 bridgehead atoms. The Morgan fingerprint density at radius 2 is 1.53 bits per heavy atom. The Hall–Kier alpha value is -3.22. The van der Waals surface area contributed by atoms with Crippen LogP contribution in [0.4, 0.5) is 0 Å². The van der Waals surface area contributed by atoms with Crippen molar-refractivity contribution in [1.82, 2.24) is 4.31 Å². The van der Waals surface area contributed by atoms with Crippen molar-refractivity contribution in [2.45, 2.75) is 37.2 Å². The van der Waals surface area contributed by atoms with Crippen molar-refractivity contribution in [3.63, 3.8) is 0 Å². The molecule has 1 aliphatic heterocycles. The second-order valence-electron chi connectivity index (χ2n) is 8.09. The van der Waals surface area contributed by atoms with Gasteiger partial charge in [-0.05, 0) is 43.5 Å². The van der Waals surface area contributed by atoms with E-state index in [9.17, 15) is 18.3 Å². The molecule has 0 aliphatic carbocycles. The van der Waals surface area contributed by atoms with Crippen molar-refractivity contribution < 1.29 is 18.3 Å². The molecule has 0 fully saturated rings. The highest BCUT2D eigenvalue weighted by Gasteiger charge is 2.44. The molecule has 0 unspecified atom stereocenters. The van der Waals surface area contributed by atoms with Crippen LogP contribution in [0.2, 0.25) is 0 Å². The summed E-state index contributed by atoms with van der Waals surface area (Å²) in [5.74, 6) is -1.12. The number of rotatable bonds is 5. The molecule has 0 spiro atoms. The highest BCUT2D eigenvalue weighted by Crippen LogP contribution is 2.45. The maximum Gasteiger partial charge on any atom is 0.333 e. The highest BCUT2D eigenvalue weighted by molar-refractivity contribution is 7.89. The number of aliphatic carboxylic acids is 1. The number of nitrogens with zero attached hydrogens (tertiary/aromatic N) is 1. The first-order valence-electron chi connectivity index (χ1n) is 10.4. The molecule has 5 nitrogen and oxygen atoms in total. The predicted molar refractivity (Wildman–Crippen MR) is 124 cm³/mol. The summed E-state index contributed by atoms with van der Waals surface area (Å²) in [5.41, 5.74) is 3.48. The number of carboxylic acid groups (broad SMARTS) is 1. The van der Waals surface area contributed by atoms with Gasteiger partial charge in [-0.3, -0.25) is 0 Å². The van der Waals surface area contributed by atoms with Gasteiger partial charge in [0.2, 0.25) is 10.0 Å². The van der Waals surface area contributed by atoms with Gasteiger partial charge in [-0.15, -0.1) is 0 Å². The van der Waals surface area contributed by atoms with E-state index >= 15 is 0 Å². The summed E-state index contributed by atoms with van der Waals surface area (Å²) in [4.78, 5) is 12.3. The molecule has 0 radical (unpaired) electrons. The van der Waals surface area contributed by atoms with Crippen LogP contribution in [0.3, 0.4) is 0 Å². The van der Waals surface area contributed by atoms with Crippen molar-refractivity contribution in [1.29, 1.82) is 0 Å². The van der Waals surface area contributed by atoms with E-state index in [4.69, 9.17) is 0 Å². The Morgan fingerprint density at radius 3 is 2.16 bits per heavy atom. The van der Waals surface area contributed by atoms with Crippen LogP contribution in [0.25, 0.3) is 0 Å². The zero-order valence-corrected chi connectivity index (χ0v) is 18.8. The Kier molecular flexibility index (Phi) is 6.00. The van der Waals surface area contributed by atoms with E-state index in [1.807, 2.05) is 44.2 Å². The van der Waals surface area contributed by atoms with Gasteiger partial charge < -0.3 is 5.11 Å². The van der Waals surface area contributed by atoms with Crippen LogP contribution in [-0.4, -0.2) is 23.8 Å². The molecule has 3 aromatic carbocycles. The first kappa shape index (κ1) is 22.0. The topological polar surface area (TPSA) is 74.7 Å². The van der Waals surface area contributed by atoms with Crippen molar-refractivity contribution in [3.8, 4) is 0 Å². The second kappa shape index (κ2) is 8.73. The van der Waals surface area contributed by atoms with Crippen molar-refractivity contribution in [2.24, 2.45) is 0 Å². The lowest BCUT2D eigenvalue weighted by Gasteiger charge is -2.40. The van der Waals surface area contributed by atoms with Gasteiger partial charge in [-0.25, -0.2) is 13.2 Å². The molecule has 0 saturated carbocycles. The molecule has 3 aromatic rings. The number of aryl methyl sites for hydroxylation is 2. The Labute approximate surface area is 188 Å². The van der Waals surface area contributed by atoms with Crippen LogP contribution in [-0.2, 0) is 14.8 Å². The lowest BCUT2D eigenvalue weighted by molar-refractivity contribution is -0.133. The molecule has 1 N–H and O–H groups in total. The van der Waals surface area contributed by atoms with Crippen LogP contribution in [0.1, 0.15) is 40.8 Å². The second-order valence-corrected chi connectivity index (χ2v) is 9.93. The average molecular weight is 448 g/mol. The Balaban J connectivity index is 1.97. The van der Waals surface area contributed by atoms with Crippen LogP contribution in [0, 0.1) is 13.8 Å². The SMILES string of the molecule is Cc1ccc(S(=O)(=O)N2[C@@H](c3ccccc3)C(C(=O)O)=CC[C@H]2c2cccc(C)c2)cc1. The van der Waals surface area contributed by atoms with Gasteiger partial charge in [0.25, 0.3) is 0 Å². The molecule has 6 heteroatoms. The van der Waals surface area contributed by atoms with Crippen LogP contribution in [0.5, 0.6) is 0 Å². The molecular formula is C26H25NO4S. The summed E-state index contributed by atoms with van der Waals surface area (Å²) in [5, 5.41) is 9.97. The van der Waals surface area contributed by atoms with Crippen LogP contribution < -0.4 is 0 Å². The first-order valence-corrected chi connectivity index (χ1v) is 11.9. The summed E-state index contributed by atoms with van der Waals surface area (Å²) >= 11 is 0. The van der Waals surface area contributed by atoms with Crippen LogP contribution >= 0.6 is 0 Å². The van der Waals surface area contributed by atoms with E-state index in [1.54, 1.807) is 54.6 Å². The van der Waals surface area contributed by atoms with Crippen molar-refractivity contribution in [3.05, 3.63) is 113 Å². The Morgan fingerprint density at radius 1 is 0.875 bits per heavy atom. The van der Waals surface area contributed by atoms with E-state index in [2.05, 4.69) is 0 Å². The maximum atomic E-state index is 14.0. The summed E-state index contributed by atoms with van der Waals surface area (Å²) in [7, 11) is -4.02. The minimum atomic E-state index is -4.02. The zero-order chi connectivity index (χ0) is 22.9. The summed E-state index contributed by atoms with van der Waals surface area (Å²) in [6, 6.07) is 21.9. The molecule has 32 heavy (non-hydrogen) atoms. The van der Waals surface area contributed by atoms with E-state index in [0.29, 0.717) is 5.56 Å². The molecule has 2 atom stereocenters. The quantitative estimate of drug-likeness (QED) is 0.584. The van der Waals surface area contributed by atoms with Gasteiger partial charge in [-0.2, -0.15) is 4.31 Å². The third kappa shape index (κ3) is 4.11. The lowest BCUT2D eigenvalue weighted by Crippen LogP contribution is -2.42. The normalized spacial score (nSPS) is 19.4. The molecule has 0 amide bonds. The van der Waals surface area contributed by atoms with E-state index < -0.39 is 28.1 Å². The minimum absolute atomic E-state index is 0.0655. The van der Waals surface area contributed by atoms with E-state index in [1.165, 1.54) is 4.31 Å². The van der Waals surface area contributed by atoms with Crippen molar-refractivity contribution in [2.75, 3.05) is 0 Å². The fourth-order valence-corrected chi connectivity index (χ4v) is 6.01. The molecule has 1 heterocycles. The van der Waals surface area contributed by atoms with Gasteiger partial charge in [0, 0.05) is 0 Å². The monoisotopic (exact) mass is 447 g/mol. The molecular weight excluding hydrogens is 422 g/mol. The fraction of sp³-hybridized carbons (Fsp3) is 0.192. The molecule has 4 rings (SSSR count). The maximum absolute atomic E-state index is 14.0. The third-order valence-electron chi connectivity index (χ3n) is 5.80. The average Bonchev–Trinajstić information content (AvgIpc) is 2.79. The zero-order valence-electron chi connectivity index (χ0n) is 18.0. The smallest absolute Gasteiger partial charge is 0.333 e. The number of carboxylic acids is 1. The van der Waals surface area contributed by atoms with E-state index in [-0.39, 0.29) is 16.9 Å². The number of hydrogen-bond acceptors (Lipinski definition) is 3. The predicted octanol–water partition coefficient (Wildman–Crippen LogP) is 5.19. The largest absolute Gasteiger partial charge is 0.478 e.